The summed E-state index contributed by atoms with van der Waals surface area (Å²) in [6, 6.07) is 3.90. The van der Waals surface area contributed by atoms with E-state index in [2.05, 4.69) is 41.4 Å². The van der Waals surface area contributed by atoms with Crippen LogP contribution in [-0.4, -0.2) is 42.4 Å². The largest absolute Gasteiger partial charge is 0.375 e. The number of hydrogen-bond acceptors (Lipinski definition) is 5. The number of sulfonamides is 1. The molecule has 1 aromatic carbocycles. The van der Waals surface area contributed by atoms with Crippen molar-refractivity contribution < 1.29 is 8.42 Å². The normalized spacial score (nSPS) is 9.96. The molecule has 0 aliphatic heterocycles. The molecule has 3 N–H and O–H groups in total. The van der Waals surface area contributed by atoms with E-state index in [9.17, 15) is 8.42 Å². The van der Waals surface area contributed by atoms with E-state index in [0.717, 1.165) is 29.2 Å². The lowest BCUT2D eigenvalue weighted by Crippen LogP contribution is -2.20. The first-order chi connectivity index (χ1) is 10.7. The zero-order valence-electron chi connectivity index (χ0n) is 15.4. The molecule has 0 saturated carbocycles. The van der Waals surface area contributed by atoms with Crippen LogP contribution >= 0.6 is 11.6 Å². The minimum Gasteiger partial charge on any atom is -0.375 e. The van der Waals surface area contributed by atoms with Crippen molar-refractivity contribution in [3.05, 3.63) is 22.7 Å². The molecule has 0 unspecified atom stereocenters. The Balaban J connectivity index is 0. The average Bonchev–Trinajstić information content (AvgIpc) is 2.52. The Morgan fingerprint density at radius 3 is 2.04 bits per heavy atom. The Morgan fingerprint density at radius 1 is 1.22 bits per heavy atom. The molecule has 0 amide bonds. The van der Waals surface area contributed by atoms with Gasteiger partial charge in [0.1, 0.15) is 0 Å². The Bertz CT molecular complexity index is 551. The van der Waals surface area contributed by atoms with Crippen molar-refractivity contribution >= 4 is 33.0 Å². The van der Waals surface area contributed by atoms with Crippen molar-refractivity contribution in [2.75, 3.05) is 44.3 Å². The molecule has 0 spiro atoms. The maximum atomic E-state index is 9.89. The average molecular weight is 367 g/mol. The van der Waals surface area contributed by atoms with Gasteiger partial charge in [-0.1, -0.05) is 25.4 Å². The summed E-state index contributed by atoms with van der Waals surface area (Å²) in [5.41, 5.74) is 9.35. The van der Waals surface area contributed by atoms with Crippen LogP contribution in [0, 0.1) is 6.92 Å². The van der Waals surface area contributed by atoms with Crippen LogP contribution in [0.2, 0.25) is 5.02 Å². The monoisotopic (exact) mass is 366 g/mol. The predicted molar refractivity (Wildman–Crippen MR) is 103 cm³/mol. The zero-order valence-corrected chi connectivity index (χ0v) is 17.0. The van der Waals surface area contributed by atoms with Gasteiger partial charge in [0.2, 0.25) is 10.0 Å². The fourth-order valence-corrected chi connectivity index (χ4v) is 1.71. The highest BCUT2D eigenvalue weighted by molar-refractivity contribution is 7.88. The highest BCUT2D eigenvalue weighted by Gasteiger charge is 2.08. The maximum Gasteiger partial charge on any atom is 0.208 e. The SMILES string of the molecule is CC.CCN(C)c1cc(Cl)cc(NNC)c1C.CNS(C)(=O)=O. The van der Waals surface area contributed by atoms with Crippen LogP contribution in [0.1, 0.15) is 26.3 Å². The van der Waals surface area contributed by atoms with Crippen molar-refractivity contribution in [2.45, 2.75) is 27.7 Å². The fraction of sp³-hybridized carbons (Fsp3) is 0.600. The van der Waals surface area contributed by atoms with Gasteiger partial charge in [-0.05, 0) is 38.6 Å². The van der Waals surface area contributed by atoms with Crippen molar-refractivity contribution in [1.82, 2.24) is 10.1 Å². The summed E-state index contributed by atoms with van der Waals surface area (Å²) in [6.45, 7) is 9.16. The summed E-state index contributed by atoms with van der Waals surface area (Å²) >= 11 is 6.06. The molecule has 23 heavy (non-hydrogen) atoms. The number of rotatable bonds is 5. The van der Waals surface area contributed by atoms with Crippen LogP contribution < -0.4 is 20.5 Å². The van der Waals surface area contributed by atoms with Gasteiger partial charge in [0.05, 0.1) is 11.9 Å². The molecule has 1 aromatic rings. The highest BCUT2D eigenvalue weighted by Crippen LogP contribution is 2.30. The Morgan fingerprint density at radius 2 is 1.70 bits per heavy atom. The minimum atomic E-state index is -2.91. The summed E-state index contributed by atoms with van der Waals surface area (Å²) in [6.07, 6.45) is 1.10. The quantitative estimate of drug-likeness (QED) is 0.699. The van der Waals surface area contributed by atoms with E-state index in [1.54, 1.807) is 0 Å². The first-order valence-electron chi connectivity index (χ1n) is 7.48. The van der Waals surface area contributed by atoms with E-state index < -0.39 is 10.0 Å². The smallest absolute Gasteiger partial charge is 0.208 e. The van der Waals surface area contributed by atoms with Gasteiger partial charge in [-0.3, -0.25) is 0 Å². The summed E-state index contributed by atoms with van der Waals surface area (Å²) in [5, 5.41) is 0.744. The second-order valence-corrected chi connectivity index (χ2v) is 6.85. The van der Waals surface area contributed by atoms with Crippen molar-refractivity contribution in [2.24, 2.45) is 0 Å². The van der Waals surface area contributed by atoms with Gasteiger partial charge in [-0.15, -0.1) is 0 Å². The molecular weight excluding hydrogens is 336 g/mol. The molecule has 0 aliphatic carbocycles. The maximum absolute atomic E-state index is 9.89. The molecule has 0 atom stereocenters. The number of hydrazine groups is 1. The van der Waals surface area contributed by atoms with Crippen molar-refractivity contribution in [1.29, 1.82) is 0 Å². The van der Waals surface area contributed by atoms with E-state index >= 15 is 0 Å². The lowest BCUT2D eigenvalue weighted by Gasteiger charge is -2.22. The van der Waals surface area contributed by atoms with Gasteiger partial charge in [-0.2, -0.15) is 0 Å². The van der Waals surface area contributed by atoms with E-state index in [0.29, 0.717) is 0 Å². The number of nitrogens with zero attached hydrogens (tertiary/aromatic N) is 1. The minimum absolute atomic E-state index is 0.744. The summed E-state index contributed by atoms with van der Waals surface area (Å²) in [7, 11) is 2.35. The van der Waals surface area contributed by atoms with Gasteiger partial charge in [0.15, 0.2) is 0 Å². The molecule has 136 valence electrons. The van der Waals surface area contributed by atoms with Crippen LogP contribution in [0.25, 0.3) is 0 Å². The molecule has 0 heterocycles. The summed E-state index contributed by atoms with van der Waals surface area (Å²) < 4.78 is 21.9. The van der Waals surface area contributed by atoms with Crippen LogP contribution in [0.4, 0.5) is 11.4 Å². The molecule has 1 rings (SSSR count). The molecule has 0 radical (unpaired) electrons. The molecule has 8 heteroatoms. The first-order valence-corrected chi connectivity index (χ1v) is 9.75. The molecule has 0 aromatic heterocycles. The van der Waals surface area contributed by atoms with E-state index in [-0.39, 0.29) is 0 Å². The molecule has 0 bridgehead atoms. The number of halogens is 1. The lowest BCUT2D eigenvalue weighted by atomic mass is 10.1. The van der Waals surface area contributed by atoms with E-state index in [1.165, 1.54) is 12.6 Å². The van der Waals surface area contributed by atoms with Crippen LogP contribution in [0.15, 0.2) is 12.1 Å². The molecule has 0 aliphatic rings. The Kier molecular flexibility index (Phi) is 13.1. The second-order valence-electron chi connectivity index (χ2n) is 4.46. The molecular formula is C15H31ClN4O2S. The molecule has 0 saturated heterocycles. The summed E-state index contributed by atoms with van der Waals surface area (Å²) in [4.78, 5) is 2.17. The third-order valence-corrected chi connectivity index (χ3v) is 3.82. The third-order valence-electron chi connectivity index (χ3n) is 2.86. The third kappa shape index (κ3) is 10.4. The van der Waals surface area contributed by atoms with Gasteiger partial charge in [0, 0.05) is 31.4 Å². The van der Waals surface area contributed by atoms with Crippen LogP contribution in [0.3, 0.4) is 0 Å². The topological polar surface area (TPSA) is 73.5 Å². The van der Waals surface area contributed by atoms with Gasteiger partial charge < -0.3 is 10.3 Å². The van der Waals surface area contributed by atoms with E-state index in [1.807, 2.05) is 33.0 Å². The van der Waals surface area contributed by atoms with Crippen LogP contribution in [-0.2, 0) is 10.0 Å². The molecule has 0 fully saturated rings. The summed E-state index contributed by atoms with van der Waals surface area (Å²) in [5.74, 6) is 0. The highest BCUT2D eigenvalue weighted by atomic mass is 35.5. The lowest BCUT2D eigenvalue weighted by molar-refractivity contribution is 0.594. The van der Waals surface area contributed by atoms with Gasteiger partial charge in [0.25, 0.3) is 0 Å². The standard InChI is InChI=1S/C11H18ClN3.C2H7NO2S.C2H6/c1-5-15(4)11-7-9(12)6-10(8(11)2)14-13-3;1-3-6(2,4)5;1-2/h6-7,13-14H,5H2,1-4H3;3H,1-2H3;1-2H3. The number of anilines is 2. The number of hydrogen-bond donors (Lipinski definition) is 3. The number of benzene rings is 1. The second kappa shape index (κ2) is 12.4. The Hall–Kier alpha value is -1.02. The van der Waals surface area contributed by atoms with Crippen LogP contribution in [0.5, 0.6) is 0 Å². The first kappa shape index (κ1) is 24.2. The van der Waals surface area contributed by atoms with E-state index in [4.69, 9.17) is 11.6 Å². The van der Waals surface area contributed by atoms with Gasteiger partial charge in [-0.25, -0.2) is 18.6 Å². The Labute approximate surface area is 146 Å². The fourth-order valence-electron chi connectivity index (χ4n) is 1.50. The van der Waals surface area contributed by atoms with Crippen molar-refractivity contribution in [3.8, 4) is 0 Å². The van der Waals surface area contributed by atoms with Crippen molar-refractivity contribution in [3.63, 3.8) is 0 Å². The zero-order chi connectivity index (χ0) is 18.6. The van der Waals surface area contributed by atoms with Gasteiger partial charge >= 0.3 is 0 Å². The number of nitrogens with one attached hydrogen (secondary N) is 3. The predicted octanol–water partition coefficient (Wildman–Crippen LogP) is 2.84. The molecule has 6 nitrogen and oxygen atoms in total.